The first kappa shape index (κ1) is 19.5. The van der Waals surface area contributed by atoms with Gasteiger partial charge >= 0.3 is 0 Å². The molecule has 1 saturated carbocycles. The molecule has 1 aliphatic heterocycles. The topological polar surface area (TPSA) is 78.9 Å². The van der Waals surface area contributed by atoms with Gasteiger partial charge in [-0.05, 0) is 49.4 Å². The average Bonchev–Trinajstić information content (AvgIpc) is 3.02. The highest BCUT2D eigenvalue weighted by Gasteiger charge is 2.39. The van der Waals surface area contributed by atoms with Gasteiger partial charge in [0.05, 0.1) is 36.1 Å². The number of aliphatic hydroxyl groups is 1. The van der Waals surface area contributed by atoms with E-state index in [0.717, 1.165) is 24.8 Å². The number of carbonyl (C=O) groups is 2. The lowest BCUT2D eigenvalue weighted by molar-refractivity contribution is 0.0364. The number of carbonyl (C=O) groups excluding carboxylic acids is 2. The summed E-state index contributed by atoms with van der Waals surface area (Å²) in [5, 5.41) is 12.8. The van der Waals surface area contributed by atoms with Gasteiger partial charge in [0, 0.05) is 6.54 Å². The Morgan fingerprint density at radius 1 is 1.24 bits per heavy atom. The maximum atomic E-state index is 13.2. The van der Waals surface area contributed by atoms with Gasteiger partial charge in [-0.2, -0.15) is 0 Å². The lowest BCUT2D eigenvalue weighted by Crippen LogP contribution is -2.45. The van der Waals surface area contributed by atoms with Crippen LogP contribution in [0.4, 0.5) is 5.69 Å². The highest BCUT2D eigenvalue weighted by atomic mass is 16.5. The molecule has 152 valence electrons. The van der Waals surface area contributed by atoms with Crippen molar-refractivity contribution in [2.45, 2.75) is 38.8 Å². The lowest BCUT2D eigenvalue weighted by Gasteiger charge is -2.38. The zero-order valence-electron chi connectivity index (χ0n) is 16.6. The van der Waals surface area contributed by atoms with Crippen molar-refractivity contribution < 1.29 is 19.4 Å². The van der Waals surface area contributed by atoms with Crippen molar-refractivity contribution >= 4 is 17.5 Å². The first-order valence-corrected chi connectivity index (χ1v) is 10.2. The van der Waals surface area contributed by atoms with Crippen molar-refractivity contribution in [3.8, 4) is 5.75 Å². The van der Waals surface area contributed by atoms with Crippen LogP contribution >= 0.6 is 0 Å². The maximum Gasteiger partial charge on any atom is 0.259 e. The molecule has 2 aliphatic rings. The van der Waals surface area contributed by atoms with E-state index < -0.39 is 0 Å². The highest BCUT2D eigenvalue weighted by Crippen LogP contribution is 2.37. The van der Waals surface area contributed by atoms with Crippen LogP contribution in [0.2, 0.25) is 0 Å². The molecule has 1 aliphatic carbocycles. The van der Waals surface area contributed by atoms with E-state index in [9.17, 15) is 14.7 Å². The molecule has 6 nitrogen and oxygen atoms in total. The van der Waals surface area contributed by atoms with Crippen molar-refractivity contribution in [1.29, 1.82) is 0 Å². The van der Waals surface area contributed by atoms with Gasteiger partial charge in [-0.25, -0.2) is 0 Å². The molecule has 0 unspecified atom stereocenters. The predicted molar refractivity (Wildman–Crippen MR) is 110 cm³/mol. The number of para-hydroxylation sites is 1. The number of nitrogens with one attached hydrogen (secondary N) is 1. The zero-order valence-corrected chi connectivity index (χ0v) is 16.6. The fourth-order valence-corrected chi connectivity index (χ4v) is 4.21. The van der Waals surface area contributed by atoms with Crippen LogP contribution in [0.1, 0.15) is 52.5 Å². The molecule has 2 aromatic carbocycles. The fraction of sp³-hybridized carbons (Fsp3) is 0.391. The van der Waals surface area contributed by atoms with Gasteiger partial charge in [-0.1, -0.05) is 30.7 Å². The first-order valence-electron chi connectivity index (χ1n) is 10.2. The van der Waals surface area contributed by atoms with Crippen LogP contribution in [-0.2, 0) is 6.54 Å². The summed E-state index contributed by atoms with van der Waals surface area (Å²) in [6.07, 6.45) is 3.24. The number of amides is 2. The Kier molecular flexibility index (Phi) is 5.53. The molecule has 2 amide bonds. The van der Waals surface area contributed by atoms with E-state index in [1.165, 1.54) is 0 Å². The molecule has 0 saturated heterocycles. The Morgan fingerprint density at radius 2 is 2.03 bits per heavy atom. The van der Waals surface area contributed by atoms with Crippen LogP contribution in [-0.4, -0.2) is 41.1 Å². The first-order chi connectivity index (χ1) is 14.1. The molecule has 0 radical (unpaired) electrons. The minimum Gasteiger partial charge on any atom is -0.493 e. The lowest BCUT2D eigenvalue weighted by atomic mass is 9.79. The summed E-state index contributed by atoms with van der Waals surface area (Å²) in [6.45, 7) is 2.76. The Hall–Kier alpha value is -2.86. The number of ether oxygens (including phenoxy) is 1. The quantitative estimate of drug-likeness (QED) is 0.754. The number of anilines is 1. The van der Waals surface area contributed by atoms with Gasteiger partial charge in [0.15, 0.2) is 0 Å². The van der Waals surface area contributed by atoms with E-state index in [4.69, 9.17) is 4.74 Å². The third-order valence-corrected chi connectivity index (χ3v) is 5.93. The second kappa shape index (κ2) is 8.25. The molecular weight excluding hydrogens is 368 g/mol. The van der Waals surface area contributed by atoms with E-state index in [1.807, 2.05) is 25.1 Å². The van der Waals surface area contributed by atoms with Crippen LogP contribution < -0.4 is 10.1 Å². The van der Waals surface area contributed by atoms with E-state index in [2.05, 4.69) is 5.32 Å². The average molecular weight is 394 g/mol. The van der Waals surface area contributed by atoms with Gasteiger partial charge in [-0.15, -0.1) is 0 Å². The Morgan fingerprint density at radius 3 is 2.72 bits per heavy atom. The molecule has 0 spiro atoms. The number of rotatable bonds is 7. The van der Waals surface area contributed by atoms with E-state index >= 15 is 0 Å². The normalized spacial score (nSPS) is 16.9. The second-order valence-electron chi connectivity index (χ2n) is 7.60. The molecule has 29 heavy (non-hydrogen) atoms. The maximum absolute atomic E-state index is 13.2. The van der Waals surface area contributed by atoms with Gasteiger partial charge in [0.2, 0.25) is 0 Å². The molecule has 2 aromatic rings. The molecule has 0 aromatic heterocycles. The standard InChI is InChI=1S/C23H26N2O4/c1-2-29-20-12-4-3-10-17(20)22(27)24-18-11-6-9-16-13-25(23(28)21(16)18)19(14-26)15-7-5-8-15/h3-4,6,9-12,15,19,26H,2,5,7-8,13-14H2,1H3,(H,24,27)/t19-/m0/s1. The molecule has 1 fully saturated rings. The van der Waals surface area contributed by atoms with E-state index in [0.29, 0.717) is 41.6 Å². The monoisotopic (exact) mass is 394 g/mol. The molecule has 1 atom stereocenters. The number of hydrogen-bond donors (Lipinski definition) is 2. The molecule has 4 rings (SSSR count). The van der Waals surface area contributed by atoms with Crippen LogP contribution in [0.3, 0.4) is 0 Å². The molecule has 1 heterocycles. The van der Waals surface area contributed by atoms with Gasteiger partial charge in [-0.3, -0.25) is 9.59 Å². The van der Waals surface area contributed by atoms with Crippen molar-refractivity contribution in [3.63, 3.8) is 0 Å². The Balaban J connectivity index is 1.59. The number of nitrogens with zero attached hydrogens (tertiary/aromatic N) is 1. The fourth-order valence-electron chi connectivity index (χ4n) is 4.21. The summed E-state index contributed by atoms with van der Waals surface area (Å²) in [6, 6.07) is 12.4. The number of benzene rings is 2. The van der Waals surface area contributed by atoms with E-state index in [1.54, 1.807) is 29.2 Å². The summed E-state index contributed by atoms with van der Waals surface area (Å²) >= 11 is 0. The van der Waals surface area contributed by atoms with Crippen molar-refractivity contribution in [3.05, 3.63) is 59.2 Å². The van der Waals surface area contributed by atoms with E-state index in [-0.39, 0.29) is 24.5 Å². The van der Waals surface area contributed by atoms with Gasteiger partial charge in [0.1, 0.15) is 5.75 Å². The summed E-state index contributed by atoms with van der Waals surface area (Å²) < 4.78 is 5.55. The molecule has 6 heteroatoms. The van der Waals surface area contributed by atoms with Crippen molar-refractivity contribution in [2.75, 3.05) is 18.5 Å². The van der Waals surface area contributed by atoms with Crippen molar-refractivity contribution in [1.82, 2.24) is 4.90 Å². The van der Waals surface area contributed by atoms with Crippen LogP contribution in [0.5, 0.6) is 5.75 Å². The molecule has 0 bridgehead atoms. The van der Waals surface area contributed by atoms with Gasteiger partial charge < -0.3 is 20.1 Å². The molecular formula is C23H26N2O4. The third kappa shape index (κ3) is 3.60. The smallest absolute Gasteiger partial charge is 0.259 e. The van der Waals surface area contributed by atoms with Crippen LogP contribution in [0, 0.1) is 5.92 Å². The zero-order chi connectivity index (χ0) is 20.4. The Bertz CT molecular complexity index is 923. The Labute approximate surface area is 170 Å². The van der Waals surface area contributed by atoms with Crippen LogP contribution in [0.25, 0.3) is 0 Å². The van der Waals surface area contributed by atoms with Crippen LogP contribution in [0.15, 0.2) is 42.5 Å². The minimum atomic E-state index is -0.314. The summed E-state index contributed by atoms with van der Waals surface area (Å²) in [5.41, 5.74) is 2.32. The number of fused-ring (bicyclic) bond motifs is 1. The highest BCUT2D eigenvalue weighted by molar-refractivity contribution is 6.11. The predicted octanol–water partition coefficient (Wildman–Crippen LogP) is 3.45. The summed E-state index contributed by atoms with van der Waals surface area (Å²) in [5.74, 6) is 0.430. The summed E-state index contributed by atoms with van der Waals surface area (Å²) in [4.78, 5) is 27.8. The third-order valence-electron chi connectivity index (χ3n) is 5.93. The molecule has 2 N–H and O–H groups in total. The minimum absolute atomic E-state index is 0.0339. The number of aliphatic hydroxyl groups excluding tert-OH is 1. The van der Waals surface area contributed by atoms with Gasteiger partial charge in [0.25, 0.3) is 11.8 Å². The second-order valence-corrected chi connectivity index (χ2v) is 7.60. The van der Waals surface area contributed by atoms with Crippen molar-refractivity contribution in [2.24, 2.45) is 5.92 Å². The summed E-state index contributed by atoms with van der Waals surface area (Å²) in [7, 11) is 0. The number of hydrogen-bond acceptors (Lipinski definition) is 4. The SMILES string of the molecule is CCOc1ccccc1C(=O)Nc1cccc2c1C(=O)N([C@@H](CO)C1CCC1)C2. The largest absolute Gasteiger partial charge is 0.493 e.